The molecule has 0 aliphatic heterocycles. The van der Waals surface area contributed by atoms with E-state index >= 15 is 0 Å². The molecule has 0 bridgehead atoms. The average molecular weight is 281 g/mol. The van der Waals surface area contributed by atoms with Crippen LogP contribution in [0.3, 0.4) is 0 Å². The van der Waals surface area contributed by atoms with Gasteiger partial charge in [-0.1, -0.05) is 6.07 Å². The molecule has 1 aromatic rings. The van der Waals surface area contributed by atoms with Crippen molar-refractivity contribution in [1.29, 1.82) is 0 Å². The van der Waals surface area contributed by atoms with Crippen LogP contribution in [0.4, 0.5) is 0 Å². The van der Waals surface area contributed by atoms with Crippen molar-refractivity contribution in [1.82, 2.24) is 5.32 Å². The summed E-state index contributed by atoms with van der Waals surface area (Å²) in [5, 5.41) is 3.28. The van der Waals surface area contributed by atoms with Crippen LogP contribution in [0.15, 0.2) is 18.2 Å². The monoisotopic (exact) mass is 281 g/mol. The standard InChI is InChI=1S/C15H23NO4/c1-5-20-15(17)8-9-16-11(2)12-6-7-13(18-3)14(10-12)19-4/h6-7,10-11,16H,5,8-9H2,1-4H3. The van der Waals surface area contributed by atoms with Crippen molar-refractivity contribution in [2.45, 2.75) is 26.3 Å². The minimum atomic E-state index is -0.181. The van der Waals surface area contributed by atoms with E-state index < -0.39 is 0 Å². The van der Waals surface area contributed by atoms with Gasteiger partial charge in [0.1, 0.15) is 0 Å². The lowest BCUT2D eigenvalue weighted by molar-refractivity contribution is -0.143. The minimum Gasteiger partial charge on any atom is -0.493 e. The molecule has 0 aromatic heterocycles. The summed E-state index contributed by atoms with van der Waals surface area (Å²) in [7, 11) is 3.22. The molecule has 0 saturated carbocycles. The van der Waals surface area contributed by atoms with Crippen LogP contribution in [0.2, 0.25) is 0 Å². The van der Waals surface area contributed by atoms with Crippen LogP contribution in [0.1, 0.15) is 31.9 Å². The first-order valence-electron chi connectivity index (χ1n) is 6.73. The van der Waals surface area contributed by atoms with Crippen LogP contribution in [0.25, 0.3) is 0 Å². The Morgan fingerprint density at radius 1 is 1.25 bits per heavy atom. The lowest BCUT2D eigenvalue weighted by Crippen LogP contribution is -2.22. The second kappa shape index (κ2) is 8.43. The maximum atomic E-state index is 11.2. The molecule has 5 nitrogen and oxygen atoms in total. The Bertz CT molecular complexity index is 434. The molecule has 0 saturated heterocycles. The van der Waals surface area contributed by atoms with Crippen LogP contribution in [0.5, 0.6) is 11.5 Å². The molecule has 1 N–H and O–H groups in total. The molecule has 20 heavy (non-hydrogen) atoms. The molecular weight excluding hydrogens is 258 g/mol. The van der Waals surface area contributed by atoms with Crippen LogP contribution in [-0.2, 0) is 9.53 Å². The summed E-state index contributed by atoms with van der Waals surface area (Å²) < 4.78 is 15.4. The van der Waals surface area contributed by atoms with Crippen molar-refractivity contribution < 1.29 is 19.0 Å². The first-order chi connectivity index (χ1) is 9.62. The van der Waals surface area contributed by atoms with Crippen LogP contribution < -0.4 is 14.8 Å². The molecule has 0 fully saturated rings. The number of esters is 1. The van der Waals surface area contributed by atoms with Crippen LogP contribution in [0, 0.1) is 0 Å². The van der Waals surface area contributed by atoms with E-state index in [1.807, 2.05) is 25.1 Å². The van der Waals surface area contributed by atoms with Gasteiger partial charge in [-0.25, -0.2) is 0 Å². The zero-order valence-corrected chi connectivity index (χ0v) is 12.6. The smallest absolute Gasteiger partial charge is 0.307 e. The largest absolute Gasteiger partial charge is 0.493 e. The molecule has 1 aromatic carbocycles. The van der Waals surface area contributed by atoms with E-state index in [0.29, 0.717) is 31.1 Å². The SMILES string of the molecule is CCOC(=O)CCNC(C)c1ccc(OC)c(OC)c1. The first-order valence-corrected chi connectivity index (χ1v) is 6.73. The summed E-state index contributed by atoms with van der Waals surface area (Å²) >= 11 is 0. The highest BCUT2D eigenvalue weighted by Gasteiger charge is 2.10. The van der Waals surface area contributed by atoms with Gasteiger partial charge in [-0.3, -0.25) is 4.79 Å². The second-order valence-electron chi connectivity index (χ2n) is 4.35. The number of ether oxygens (including phenoxy) is 3. The van der Waals surface area contributed by atoms with Gasteiger partial charge in [0, 0.05) is 12.6 Å². The molecule has 5 heteroatoms. The highest BCUT2D eigenvalue weighted by Crippen LogP contribution is 2.29. The molecule has 0 aliphatic rings. The molecule has 0 aliphatic carbocycles. The number of hydrogen-bond donors (Lipinski definition) is 1. The predicted octanol–water partition coefficient (Wildman–Crippen LogP) is 2.31. The normalized spacial score (nSPS) is 11.8. The van der Waals surface area contributed by atoms with Crippen molar-refractivity contribution in [2.24, 2.45) is 0 Å². The van der Waals surface area contributed by atoms with Gasteiger partial charge in [0.05, 0.1) is 27.2 Å². The fourth-order valence-electron chi connectivity index (χ4n) is 1.86. The Morgan fingerprint density at radius 3 is 2.55 bits per heavy atom. The second-order valence-corrected chi connectivity index (χ2v) is 4.35. The molecule has 1 atom stereocenters. The lowest BCUT2D eigenvalue weighted by Gasteiger charge is -2.16. The van der Waals surface area contributed by atoms with Crippen molar-refractivity contribution >= 4 is 5.97 Å². The van der Waals surface area contributed by atoms with Crippen molar-refractivity contribution in [3.8, 4) is 11.5 Å². The third-order valence-corrected chi connectivity index (χ3v) is 2.99. The average Bonchev–Trinajstić information content (AvgIpc) is 2.46. The molecule has 0 heterocycles. The number of hydrogen-bond acceptors (Lipinski definition) is 5. The third kappa shape index (κ3) is 4.74. The molecule has 1 unspecified atom stereocenters. The van der Waals surface area contributed by atoms with Gasteiger partial charge >= 0.3 is 5.97 Å². The van der Waals surface area contributed by atoms with Crippen molar-refractivity contribution in [3.63, 3.8) is 0 Å². The van der Waals surface area contributed by atoms with Crippen molar-refractivity contribution in [3.05, 3.63) is 23.8 Å². The molecular formula is C15H23NO4. The van der Waals surface area contributed by atoms with Gasteiger partial charge in [0.25, 0.3) is 0 Å². The van der Waals surface area contributed by atoms with E-state index in [4.69, 9.17) is 14.2 Å². The summed E-state index contributed by atoms with van der Waals surface area (Å²) in [5.74, 6) is 1.22. The summed E-state index contributed by atoms with van der Waals surface area (Å²) in [6.07, 6.45) is 0.367. The topological polar surface area (TPSA) is 56.8 Å². The summed E-state index contributed by atoms with van der Waals surface area (Å²) in [5.41, 5.74) is 1.08. The summed E-state index contributed by atoms with van der Waals surface area (Å²) in [4.78, 5) is 11.2. The van der Waals surface area contributed by atoms with Gasteiger partial charge in [0.15, 0.2) is 11.5 Å². The number of carbonyl (C=O) groups is 1. The van der Waals surface area contributed by atoms with Gasteiger partial charge in [0.2, 0.25) is 0 Å². The number of benzene rings is 1. The first kappa shape index (κ1) is 16.3. The molecule has 0 radical (unpaired) electrons. The molecule has 112 valence electrons. The maximum Gasteiger partial charge on any atom is 0.307 e. The van der Waals surface area contributed by atoms with E-state index in [2.05, 4.69) is 5.32 Å². The maximum absolute atomic E-state index is 11.2. The Labute approximate surface area is 120 Å². The van der Waals surface area contributed by atoms with E-state index in [1.165, 1.54) is 0 Å². The number of methoxy groups -OCH3 is 2. The zero-order valence-electron chi connectivity index (χ0n) is 12.6. The third-order valence-electron chi connectivity index (χ3n) is 2.99. The summed E-state index contributed by atoms with van der Waals surface area (Å²) in [6.45, 7) is 4.84. The fourth-order valence-corrected chi connectivity index (χ4v) is 1.86. The Morgan fingerprint density at radius 2 is 1.95 bits per heavy atom. The Hall–Kier alpha value is -1.75. The molecule has 1 rings (SSSR count). The lowest BCUT2D eigenvalue weighted by atomic mass is 10.1. The van der Waals surface area contributed by atoms with E-state index in [-0.39, 0.29) is 12.0 Å². The van der Waals surface area contributed by atoms with E-state index in [1.54, 1.807) is 21.1 Å². The quantitative estimate of drug-likeness (QED) is 0.741. The van der Waals surface area contributed by atoms with Gasteiger partial charge in [-0.05, 0) is 31.5 Å². The highest BCUT2D eigenvalue weighted by molar-refractivity contribution is 5.69. The number of rotatable bonds is 8. The fraction of sp³-hybridized carbons (Fsp3) is 0.533. The van der Waals surface area contributed by atoms with Gasteiger partial charge < -0.3 is 19.5 Å². The van der Waals surface area contributed by atoms with Gasteiger partial charge in [-0.2, -0.15) is 0 Å². The highest BCUT2D eigenvalue weighted by atomic mass is 16.5. The van der Waals surface area contributed by atoms with E-state index in [0.717, 1.165) is 5.56 Å². The van der Waals surface area contributed by atoms with Crippen LogP contribution >= 0.6 is 0 Å². The van der Waals surface area contributed by atoms with Gasteiger partial charge in [-0.15, -0.1) is 0 Å². The number of carbonyl (C=O) groups excluding carboxylic acids is 1. The zero-order chi connectivity index (χ0) is 15.0. The molecule has 0 spiro atoms. The predicted molar refractivity (Wildman–Crippen MR) is 77.2 cm³/mol. The Balaban J connectivity index is 2.55. The summed E-state index contributed by atoms with van der Waals surface area (Å²) in [6, 6.07) is 5.89. The van der Waals surface area contributed by atoms with E-state index in [9.17, 15) is 4.79 Å². The van der Waals surface area contributed by atoms with Crippen LogP contribution in [-0.4, -0.2) is 33.3 Å². The number of nitrogens with one attached hydrogen (secondary N) is 1. The Kier molecular flexibility index (Phi) is 6.87. The van der Waals surface area contributed by atoms with Crippen molar-refractivity contribution in [2.75, 3.05) is 27.4 Å². The molecule has 0 amide bonds. The minimum absolute atomic E-state index is 0.115.